The molecule has 4 aromatic rings. The Labute approximate surface area is 179 Å². The summed E-state index contributed by atoms with van der Waals surface area (Å²) in [4.78, 5) is 32.4. The van der Waals surface area contributed by atoms with Gasteiger partial charge < -0.3 is 5.32 Å². The zero-order valence-electron chi connectivity index (χ0n) is 17.2. The maximum Gasteiger partial charge on any atom is 0.263 e. The second-order valence-electron chi connectivity index (χ2n) is 7.25. The zero-order valence-corrected chi connectivity index (χ0v) is 18.0. The predicted molar refractivity (Wildman–Crippen MR) is 123 cm³/mol. The predicted octanol–water partition coefficient (Wildman–Crippen LogP) is 5.20. The van der Waals surface area contributed by atoms with Gasteiger partial charge in [-0.15, -0.1) is 11.3 Å². The highest BCUT2D eigenvalue weighted by atomic mass is 32.1. The molecule has 0 radical (unpaired) electrons. The summed E-state index contributed by atoms with van der Waals surface area (Å²) in [5, 5.41) is 3.46. The van der Waals surface area contributed by atoms with Crippen LogP contribution in [0.2, 0.25) is 0 Å². The van der Waals surface area contributed by atoms with E-state index in [9.17, 15) is 9.59 Å². The molecule has 2 heterocycles. The Bertz CT molecular complexity index is 1260. The van der Waals surface area contributed by atoms with Crippen LogP contribution in [0.5, 0.6) is 0 Å². The molecule has 1 atom stereocenters. The van der Waals surface area contributed by atoms with Gasteiger partial charge in [0.05, 0.1) is 11.7 Å². The van der Waals surface area contributed by atoms with E-state index in [0.717, 1.165) is 22.4 Å². The standard InChI is InChI=1S/C24H23N3O2S/c1-4-17-10-12-19(13-11-17)26-22(28)15(2)27-14-25-23-21(24(27)29)20(16(3)30-23)18-8-6-5-7-9-18/h5-15H,4H2,1-3H3,(H,26,28)/t15-/m0/s1. The molecule has 2 aromatic heterocycles. The van der Waals surface area contributed by atoms with Crippen LogP contribution in [0, 0.1) is 6.92 Å². The fraction of sp³-hybridized carbons (Fsp3) is 0.208. The molecule has 0 aliphatic carbocycles. The molecule has 0 unspecified atom stereocenters. The lowest BCUT2D eigenvalue weighted by molar-refractivity contribution is -0.118. The Morgan fingerprint density at radius 1 is 1.13 bits per heavy atom. The van der Waals surface area contributed by atoms with Crippen molar-refractivity contribution >= 4 is 33.1 Å². The van der Waals surface area contributed by atoms with Crippen molar-refractivity contribution in [2.75, 3.05) is 5.32 Å². The Kier molecular flexibility index (Phi) is 5.50. The number of nitrogens with zero attached hydrogens (tertiary/aromatic N) is 2. The highest BCUT2D eigenvalue weighted by molar-refractivity contribution is 7.19. The molecule has 0 fully saturated rings. The molecule has 152 valence electrons. The van der Waals surface area contributed by atoms with Gasteiger partial charge in [-0.2, -0.15) is 0 Å². The van der Waals surface area contributed by atoms with Crippen molar-refractivity contribution in [3.05, 3.63) is 81.7 Å². The lowest BCUT2D eigenvalue weighted by Gasteiger charge is -2.15. The Balaban J connectivity index is 1.71. The van der Waals surface area contributed by atoms with Crippen molar-refractivity contribution in [1.29, 1.82) is 0 Å². The maximum absolute atomic E-state index is 13.4. The largest absolute Gasteiger partial charge is 0.324 e. The Hall–Kier alpha value is -3.25. The second kappa shape index (κ2) is 8.24. The van der Waals surface area contributed by atoms with Crippen molar-refractivity contribution in [3.8, 4) is 11.1 Å². The summed E-state index contributed by atoms with van der Waals surface area (Å²) >= 11 is 1.50. The number of thiophene rings is 1. The van der Waals surface area contributed by atoms with Crippen LogP contribution in [-0.2, 0) is 11.2 Å². The van der Waals surface area contributed by atoms with E-state index < -0.39 is 6.04 Å². The smallest absolute Gasteiger partial charge is 0.263 e. The second-order valence-corrected chi connectivity index (χ2v) is 8.46. The van der Waals surface area contributed by atoms with Crippen molar-refractivity contribution in [1.82, 2.24) is 9.55 Å². The first-order valence-corrected chi connectivity index (χ1v) is 10.8. The number of aryl methyl sites for hydroxylation is 2. The van der Waals surface area contributed by atoms with Gasteiger partial charge in [0.2, 0.25) is 5.91 Å². The average molecular weight is 418 g/mol. The quantitative estimate of drug-likeness (QED) is 0.486. The van der Waals surface area contributed by atoms with Gasteiger partial charge in [-0.05, 0) is 43.5 Å². The minimum absolute atomic E-state index is 0.202. The van der Waals surface area contributed by atoms with E-state index >= 15 is 0 Å². The van der Waals surface area contributed by atoms with E-state index in [-0.39, 0.29) is 11.5 Å². The van der Waals surface area contributed by atoms with E-state index in [0.29, 0.717) is 15.9 Å². The molecule has 0 saturated heterocycles. The highest BCUT2D eigenvalue weighted by Crippen LogP contribution is 2.35. The maximum atomic E-state index is 13.4. The van der Waals surface area contributed by atoms with Crippen LogP contribution in [0.3, 0.4) is 0 Å². The van der Waals surface area contributed by atoms with Crippen molar-refractivity contribution in [2.24, 2.45) is 0 Å². The van der Waals surface area contributed by atoms with E-state index in [1.165, 1.54) is 27.8 Å². The Morgan fingerprint density at radius 2 is 1.83 bits per heavy atom. The van der Waals surface area contributed by atoms with E-state index in [1.54, 1.807) is 6.92 Å². The summed E-state index contributed by atoms with van der Waals surface area (Å²) in [6, 6.07) is 16.9. The number of aromatic nitrogens is 2. The minimum Gasteiger partial charge on any atom is -0.324 e. The fourth-order valence-electron chi connectivity index (χ4n) is 3.54. The number of fused-ring (bicyclic) bond motifs is 1. The first-order chi connectivity index (χ1) is 14.5. The van der Waals surface area contributed by atoms with Gasteiger partial charge in [0, 0.05) is 16.1 Å². The molecule has 0 aliphatic rings. The topological polar surface area (TPSA) is 64.0 Å². The molecular formula is C24H23N3O2S. The molecule has 5 nitrogen and oxygen atoms in total. The fourth-order valence-corrected chi connectivity index (χ4v) is 4.54. The molecular weight excluding hydrogens is 394 g/mol. The molecule has 0 bridgehead atoms. The van der Waals surface area contributed by atoms with Crippen molar-refractivity contribution < 1.29 is 4.79 Å². The number of carbonyl (C=O) groups excluding carboxylic acids is 1. The van der Waals surface area contributed by atoms with E-state index in [2.05, 4.69) is 17.2 Å². The molecule has 0 spiro atoms. The number of rotatable bonds is 5. The van der Waals surface area contributed by atoms with Crippen molar-refractivity contribution in [2.45, 2.75) is 33.2 Å². The lowest BCUT2D eigenvalue weighted by Crippen LogP contribution is -2.31. The van der Waals surface area contributed by atoms with Gasteiger partial charge in [0.25, 0.3) is 5.56 Å². The molecule has 1 amide bonds. The molecule has 0 saturated carbocycles. The van der Waals surface area contributed by atoms with Crippen LogP contribution in [0.25, 0.3) is 21.3 Å². The monoisotopic (exact) mass is 417 g/mol. The summed E-state index contributed by atoms with van der Waals surface area (Å²) in [7, 11) is 0. The van der Waals surface area contributed by atoms with Crippen LogP contribution in [0.15, 0.2) is 65.7 Å². The zero-order chi connectivity index (χ0) is 21.3. The number of nitrogens with one attached hydrogen (secondary N) is 1. The van der Waals surface area contributed by atoms with Crippen molar-refractivity contribution in [3.63, 3.8) is 0 Å². The number of benzene rings is 2. The molecule has 1 N–H and O–H groups in total. The minimum atomic E-state index is -0.691. The number of amides is 1. The normalized spacial score (nSPS) is 12.1. The summed E-state index contributed by atoms with van der Waals surface area (Å²) in [5.41, 5.74) is 3.58. The number of hydrogen-bond acceptors (Lipinski definition) is 4. The molecule has 4 rings (SSSR count). The summed E-state index contributed by atoms with van der Waals surface area (Å²) in [6.07, 6.45) is 2.41. The average Bonchev–Trinajstić information content (AvgIpc) is 3.11. The van der Waals surface area contributed by atoms with Crippen LogP contribution >= 0.6 is 11.3 Å². The van der Waals surface area contributed by atoms with Crippen LogP contribution < -0.4 is 10.9 Å². The van der Waals surface area contributed by atoms with Gasteiger partial charge in [0.1, 0.15) is 10.9 Å². The van der Waals surface area contributed by atoms with Gasteiger partial charge in [0.15, 0.2) is 0 Å². The third-order valence-corrected chi connectivity index (χ3v) is 6.32. The third-order valence-electron chi connectivity index (χ3n) is 5.30. The Morgan fingerprint density at radius 3 is 2.50 bits per heavy atom. The first kappa shape index (κ1) is 20.0. The van der Waals surface area contributed by atoms with Crippen LogP contribution in [0.4, 0.5) is 5.69 Å². The molecule has 0 aliphatic heterocycles. The van der Waals surface area contributed by atoms with Crippen LogP contribution in [0.1, 0.15) is 30.3 Å². The first-order valence-electron chi connectivity index (χ1n) is 9.95. The number of anilines is 1. The SMILES string of the molecule is CCc1ccc(NC(=O)[C@H](C)n2cnc3sc(C)c(-c4ccccc4)c3c2=O)cc1. The summed E-state index contributed by atoms with van der Waals surface area (Å²) in [6.45, 7) is 5.79. The molecule has 30 heavy (non-hydrogen) atoms. The lowest BCUT2D eigenvalue weighted by atomic mass is 10.0. The van der Waals surface area contributed by atoms with Crippen LogP contribution in [-0.4, -0.2) is 15.5 Å². The van der Waals surface area contributed by atoms with Gasteiger partial charge in [-0.25, -0.2) is 4.98 Å². The molecule has 6 heteroatoms. The van der Waals surface area contributed by atoms with Gasteiger partial charge in [-0.1, -0.05) is 49.4 Å². The summed E-state index contributed by atoms with van der Waals surface area (Å²) in [5.74, 6) is -0.254. The third kappa shape index (κ3) is 3.66. The van der Waals surface area contributed by atoms with E-state index in [1.807, 2.05) is 61.5 Å². The highest BCUT2D eigenvalue weighted by Gasteiger charge is 2.21. The van der Waals surface area contributed by atoms with E-state index in [4.69, 9.17) is 0 Å². The number of carbonyl (C=O) groups is 1. The number of hydrogen-bond donors (Lipinski definition) is 1. The molecule has 2 aromatic carbocycles. The van der Waals surface area contributed by atoms with Gasteiger partial charge >= 0.3 is 0 Å². The van der Waals surface area contributed by atoms with Gasteiger partial charge in [-0.3, -0.25) is 14.2 Å². The summed E-state index contributed by atoms with van der Waals surface area (Å²) < 4.78 is 1.41.